The van der Waals surface area contributed by atoms with Gasteiger partial charge in [-0.25, -0.2) is 4.90 Å². The van der Waals surface area contributed by atoms with Gasteiger partial charge in [-0.1, -0.05) is 47.5 Å². The van der Waals surface area contributed by atoms with E-state index in [0.717, 1.165) is 4.90 Å². The lowest BCUT2D eigenvalue weighted by atomic mass is 10.3. The summed E-state index contributed by atoms with van der Waals surface area (Å²) in [5.74, 6) is -1.09. The van der Waals surface area contributed by atoms with Crippen LogP contribution in [-0.4, -0.2) is 11.8 Å². The first-order valence-electron chi connectivity index (χ1n) is 6.44. The summed E-state index contributed by atoms with van der Waals surface area (Å²) >= 11 is 11.9. The van der Waals surface area contributed by atoms with Gasteiger partial charge in [-0.3, -0.25) is 9.59 Å². The average molecular weight is 333 g/mol. The van der Waals surface area contributed by atoms with Crippen molar-refractivity contribution < 1.29 is 9.59 Å². The minimum Gasteiger partial charge on any atom is -0.350 e. The SMILES string of the molecule is O=C1C(Cl)=C(Nc2ccccc2)C(=O)N1c1cccc(Cl)c1. The third kappa shape index (κ3) is 2.58. The zero-order valence-electron chi connectivity index (χ0n) is 11.2. The van der Waals surface area contributed by atoms with Crippen LogP contribution in [0.3, 0.4) is 0 Å². The number of nitrogens with one attached hydrogen (secondary N) is 1. The highest BCUT2D eigenvalue weighted by atomic mass is 35.5. The number of rotatable bonds is 3. The number of imide groups is 1. The van der Waals surface area contributed by atoms with Gasteiger partial charge in [0.25, 0.3) is 11.8 Å². The summed E-state index contributed by atoms with van der Waals surface area (Å²) in [5, 5.41) is 3.17. The van der Waals surface area contributed by atoms with Crippen molar-refractivity contribution in [1.29, 1.82) is 0 Å². The summed E-state index contributed by atoms with van der Waals surface area (Å²) in [4.78, 5) is 25.8. The second-order valence-electron chi connectivity index (χ2n) is 4.61. The number of hydrogen-bond acceptors (Lipinski definition) is 3. The highest BCUT2D eigenvalue weighted by molar-refractivity contribution is 6.53. The molecule has 0 saturated carbocycles. The number of halogens is 2. The second-order valence-corrected chi connectivity index (χ2v) is 5.42. The maximum Gasteiger partial charge on any atom is 0.283 e. The molecule has 110 valence electrons. The van der Waals surface area contributed by atoms with Crippen molar-refractivity contribution in [1.82, 2.24) is 0 Å². The molecule has 0 spiro atoms. The van der Waals surface area contributed by atoms with Crippen LogP contribution in [0.2, 0.25) is 5.02 Å². The summed E-state index contributed by atoms with van der Waals surface area (Å²) in [6.07, 6.45) is 0. The fourth-order valence-electron chi connectivity index (χ4n) is 2.13. The van der Waals surface area contributed by atoms with Crippen LogP contribution in [0.5, 0.6) is 0 Å². The summed E-state index contributed by atoms with van der Waals surface area (Å²) in [7, 11) is 0. The molecule has 3 rings (SSSR count). The predicted molar refractivity (Wildman–Crippen MR) is 86.9 cm³/mol. The van der Waals surface area contributed by atoms with Crippen LogP contribution in [0.15, 0.2) is 65.3 Å². The smallest absolute Gasteiger partial charge is 0.283 e. The molecule has 2 aromatic carbocycles. The molecule has 4 nitrogen and oxygen atoms in total. The highest BCUT2D eigenvalue weighted by Gasteiger charge is 2.38. The lowest BCUT2D eigenvalue weighted by molar-refractivity contribution is -0.120. The van der Waals surface area contributed by atoms with Crippen molar-refractivity contribution in [2.75, 3.05) is 10.2 Å². The molecule has 0 saturated heterocycles. The second kappa shape index (κ2) is 5.83. The van der Waals surface area contributed by atoms with Gasteiger partial charge in [0.05, 0.1) is 5.69 Å². The van der Waals surface area contributed by atoms with Crippen LogP contribution in [0.25, 0.3) is 0 Å². The number of para-hydroxylation sites is 1. The predicted octanol–water partition coefficient (Wildman–Crippen LogP) is 3.78. The maximum atomic E-state index is 12.5. The number of carbonyl (C=O) groups is 2. The summed E-state index contributed by atoms with van der Waals surface area (Å²) in [5.41, 5.74) is 1.10. The van der Waals surface area contributed by atoms with Gasteiger partial charge in [-0.05, 0) is 30.3 Å². The van der Waals surface area contributed by atoms with Gasteiger partial charge in [-0.15, -0.1) is 0 Å². The van der Waals surface area contributed by atoms with Gasteiger partial charge in [0.1, 0.15) is 10.7 Å². The molecule has 0 radical (unpaired) electrons. The van der Waals surface area contributed by atoms with Gasteiger partial charge < -0.3 is 5.32 Å². The molecule has 0 aromatic heterocycles. The lowest BCUT2D eigenvalue weighted by Gasteiger charge is -2.15. The Labute approximate surface area is 136 Å². The van der Waals surface area contributed by atoms with E-state index in [1.807, 2.05) is 18.2 Å². The Balaban J connectivity index is 1.93. The van der Waals surface area contributed by atoms with E-state index in [-0.39, 0.29) is 10.7 Å². The molecular formula is C16H10Cl2N2O2. The lowest BCUT2D eigenvalue weighted by Crippen LogP contribution is -2.32. The topological polar surface area (TPSA) is 49.4 Å². The average Bonchev–Trinajstić information content (AvgIpc) is 2.72. The summed E-state index contributed by atoms with van der Waals surface area (Å²) in [6, 6.07) is 15.5. The van der Waals surface area contributed by atoms with Gasteiger partial charge in [-0.2, -0.15) is 0 Å². The number of hydrogen-bond donors (Lipinski definition) is 1. The molecule has 0 fully saturated rings. The van der Waals surface area contributed by atoms with Gasteiger partial charge in [0.15, 0.2) is 0 Å². The number of anilines is 2. The molecule has 1 aliphatic heterocycles. The van der Waals surface area contributed by atoms with E-state index in [4.69, 9.17) is 23.2 Å². The number of nitrogens with zero attached hydrogens (tertiary/aromatic N) is 1. The fraction of sp³-hybridized carbons (Fsp3) is 0. The van der Waals surface area contributed by atoms with E-state index in [1.54, 1.807) is 30.3 Å². The number of amides is 2. The van der Waals surface area contributed by atoms with E-state index in [0.29, 0.717) is 16.4 Å². The van der Waals surface area contributed by atoms with Crippen LogP contribution in [0, 0.1) is 0 Å². The molecule has 0 unspecified atom stereocenters. The van der Waals surface area contributed by atoms with E-state index in [2.05, 4.69) is 5.32 Å². The van der Waals surface area contributed by atoms with Crippen molar-refractivity contribution in [3.63, 3.8) is 0 Å². The first-order chi connectivity index (χ1) is 10.6. The molecule has 1 heterocycles. The molecule has 6 heteroatoms. The van der Waals surface area contributed by atoms with Gasteiger partial charge in [0, 0.05) is 10.7 Å². The normalized spacial score (nSPS) is 14.7. The Kier molecular flexibility index (Phi) is 3.88. The Morgan fingerprint density at radius 1 is 0.864 bits per heavy atom. The van der Waals surface area contributed by atoms with Crippen molar-refractivity contribution >= 4 is 46.4 Å². The van der Waals surface area contributed by atoms with E-state index < -0.39 is 11.8 Å². The van der Waals surface area contributed by atoms with Crippen molar-refractivity contribution in [3.8, 4) is 0 Å². The molecule has 2 amide bonds. The molecule has 22 heavy (non-hydrogen) atoms. The third-order valence-electron chi connectivity index (χ3n) is 3.14. The van der Waals surface area contributed by atoms with E-state index >= 15 is 0 Å². The monoisotopic (exact) mass is 332 g/mol. The maximum absolute atomic E-state index is 12.5. The summed E-state index contributed by atoms with van der Waals surface area (Å²) in [6.45, 7) is 0. The molecule has 2 aromatic rings. The van der Waals surface area contributed by atoms with Crippen molar-refractivity contribution in [3.05, 3.63) is 70.3 Å². The zero-order valence-corrected chi connectivity index (χ0v) is 12.7. The van der Waals surface area contributed by atoms with Gasteiger partial charge in [0.2, 0.25) is 0 Å². The minimum atomic E-state index is -0.577. The van der Waals surface area contributed by atoms with Crippen LogP contribution in [0.1, 0.15) is 0 Å². The zero-order chi connectivity index (χ0) is 15.7. The van der Waals surface area contributed by atoms with E-state index in [1.165, 1.54) is 6.07 Å². The number of carbonyl (C=O) groups excluding carboxylic acids is 2. The number of benzene rings is 2. The fourth-order valence-corrected chi connectivity index (χ4v) is 2.52. The molecule has 1 aliphatic rings. The Hall–Kier alpha value is -2.30. The largest absolute Gasteiger partial charge is 0.350 e. The first-order valence-corrected chi connectivity index (χ1v) is 7.20. The molecule has 0 aliphatic carbocycles. The minimum absolute atomic E-state index is 0.0536. The Bertz CT molecular complexity index is 788. The Morgan fingerprint density at radius 2 is 1.59 bits per heavy atom. The van der Waals surface area contributed by atoms with Gasteiger partial charge >= 0.3 is 0 Å². The third-order valence-corrected chi connectivity index (χ3v) is 3.72. The Morgan fingerprint density at radius 3 is 2.27 bits per heavy atom. The quantitative estimate of drug-likeness (QED) is 0.870. The molecule has 0 atom stereocenters. The standard InChI is InChI=1S/C16H10Cl2N2O2/c17-10-5-4-8-12(9-10)20-15(21)13(18)14(16(20)22)19-11-6-2-1-3-7-11/h1-9,19H. The van der Waals surface area contributed by atoms with E-state index in [9.17, 15) is 9.59 Å². The van der Waals surface area contributed by atoms with Crippen LogP contribution in [-0.2, 0) is 9.59 Å². The van der Waals surface area contributed by atoms with Crippen LogP contribution in [0.4, 0.5) is 11.4 Å². The first kappa shape index (κ1) is 14.6. The highest BCUT2D eigenvalue weighted by Crippen LogP contribution is 2.31. The van der Waals surface area contributed by atoms with Crippen LogP contribution >= 0.6 is 23.2 Å². The van der Waals surface area contributed by atoms with Crippen molar-refractivity contribution in [2.24, 2.45) is 0 Å². The molecular weight excluding hydrogens is 323 g/mol. The van der Waals surface area contributed by atoms with Crippen molar-refractivity contribution in [2.45, 2.75) is 0 Å². The van der Waals surface area contributed by atoms with Crippen LogP contribution < -0.4 is 10.2 Å². The molecule has 1 N–H and O–H groups in total. The summed E-state index contributed by atoms with van der Waals surface area (Å²) < 4.78 is 0. The molecule has 0 bridgehead atoms.